The minimum atomic E-state index is -0.553. The van der Waals surface area contributed by atoms with Gasteiger partial charge in [-0.2, -0.15) is 10.5 Å². The molecule has 1 unspecified atom stereocenters. The number of amides is 1. The maximum absolute atomic E-state index is 12.9. The minimum Gasteiger partial charge on any atom is -0.497 e. The zero-order chi connectivity index (χ0) is 22.4. The summed E-state index contributed by atoms with van der Waals surface area (Å²) in [5.41, 5.74) is 7.06. The predicted octanol–water partition coefficient (Wildman–Crippen LogP) is 4.19. The van der Waals surface area contributed by atoms with E-state index >= 15 is 0 Å². The number of nitrogens with zero attached hydrogens (tertiary/aromatic N) is 3. The van der Waals surface area contributed by atoms with Gasteiger partial charge in [0.2, 0.25) is 5.91 Å². The van der Waals surface area contributed by atoms with Gasteiger partial charge in [-0.15, -0.1) is 0 Å². The Morgan fingerprint density at radius 2 is 2.06 bits per heavy atom. The normalized spacial score (nSPS) is 11.2. The van der Waals surface area contributed by atoms with Crippen molar-refractivity contribution in [2.24, 2.45) is 0 Å². The van der Waals surface area contributed by atoms with Crippen molar-refractivity contribution < 1.29 is 13.9 Å². The largest absolute Gasteiger partial charge is 0.497 e. The molecule has 0 saturated heterocycles. The fourth-order valence-corrected chi connectivity index (χ4v) is 3.95. The van der Waals surface area contributed by atoms with Crippen molar-refractivity contribution in [3.8, 4) is 29.2 Å². The van der Waals surface area contributed by atoms with Gasteiger partial charge in [-0.3, -0.25) is 4.79 Å². The van der Waals surface area contributed by atoms with Crippen molar-refractivity contribution in [3.63, 3.8) is 0 Å². The Bertz CT molecular complexity index is 1180. The fourth-order valence-electron chi connectivity index (χ4n) is 2.93. The van der Waals surface area contributed by atoms with Crippen LogP contribution in [0.2, 0.25) is 0 Å². The third kappa shape index (κ3) is 4.63. The fraction of sp³-hybridized carbons (Fsp3) is 0.182. The van der Waals surface area contributed by atoms with Crippen LogP contribution in [0.15, 0.2) is 52.1 Å². The quantitative estimate of drug-likeness (QED) is 0.529. The standard InChI is InChI=1S/C22H19N5O3S/c1-3-18(21(28)26-13-6-4-7-14(10-13)29-2)31-22-16(12-24)19(17-8-5-9-30-17)15(11-23)20(25)27-22/h4-10,18H,3H2,1-2H3,(H2,25,27)(H,26,28). The number of nitrogen functional groups attached to an aromatic ring is 1. The summed E-state index contributed by atoms with van der Waals surface area (Å²) in [5, 5.41) is 21.9. The Balaban J connectivity index is 1.95. The van der Waals surface area contributed by atoms with Crippen LogP contribution >= 0.6 is 11.8 Å². The number of nitrogens with one attached hydrogen (secondary N) is 1. The first-order chi connectivity index (χ1) is 15.0. The second-order valence-corrected chi connectivity index (χ2v) is 7.56. The molecule has 0 bridgehead atoms. The van der Waals surface area contributed by atoms with Crippen molar-refractivity contribution in [1.82, 2.24) is 4.98 Å². The van der Waals surface area contributed by atoms with Gasteiger partial charge in [-0.1, -0.05) is 24.8 Å². The molecule has 3 rings (SSSR count). The number of pyridine rings is 1. The molecule has 0 aliphatic carbocycles. The maximum Gasteiger partial charge on any atom is 0.237 e. The number of rotatable bonds is 7. The van der Waals surface area contributed by atoms with Gasteiger partial charge in [-0.25, -0.2) is 4.98 Å². The van der Waals surface area contributed by atoms with Crippen LogP contribution in [0, 0.1) is 22.7 Å². The van der Waals surface area contributed by atoms with Crippen LogP contribution in [-0.2, 0) is 4.79 Å². The van der Waals surface area contributed by atoms with Crippen molar-refractivity contribution in [1.29, 1.82) is 10.5 Å². The SMILES string of the molecule is CCC(Sc1nc(N)c(C#N)c(-c2ccco2)c1C#N)C(=O)Nc1cccc(OC)c1. The van der Waals surface area contributed by atoms with E-state index in [4.69, 9.17) is 14.9 Å². The summed E-state index contributed by atoms with van der Waals surface area (Å²) in [5.74, 6) is 0.667. The zero-order valence-corrected chi connectivity index (χ0v) is 17.7. The molecule has 0 spiro atoms. The first-order valence-electron chi connectivity index (χ1n) is 9.31. The molecule has 1 atom stereocenters. The van der Waals surface area contributed by atoms with Gasteiger partial charge >= 0.3 is 0 Å². The third-order valence-electron chi connectivity index (χ3n) is 4.44. The lowest BCUT2D eigenvalue weighted by Gasteiger charge is -2.17. The summed E-state index contributed by atoms with van der Waals surface area (Å²) in [6.07, 6.45) is 1.92. The van der Waals surface area contributed by atoms with E-state index in [1.54, 1.807) is 43.5 Å². The summed E-state index contributed by atoms with van der Waals surface area (Å²) in [7, 11) is 1.55. The predicted molar refractivity (Wildman–Crippen MR) is 117 cm³/mol. The molecule has 2 heterocycles. The number of nitrogens with two attached hydrogens (primary N) is 1. The molecule has 31 heavy (non-hydrogen) atoms. The molecular formula is C22H19N5O3S. The molecule has 0 saturated carbocycles. The highest BCUT2D eigenvalue weighted by Gasteiger charge is 2.26. The summed E-state index contributed by atoms with van der Waals surface area (Å²) < 4.78 is 10.6. The number of thioether (sulfide) groups is 1. The Hall–Kier alpha value is -3.95. The molecule has 1 aromatic carbocycles. The molecular weight excluding hydrogens is 414 g/mol. The average Bonchev–Trinajstić information content (AvgIpc) is 3.31. The van der Waals surface area contributed by atoms with Crippen LogP contribution < -0.4 is 15.8 Å². The molecule has 156 valence electrons. The Kier molecular flexibility index (Phi) is 6.81. The lowest BCUT2D eigenvalue weighted by Crippen LogP contribution is -2.25. The van der Waals surface area contributed by atoms with Crippen LogP contribution in [0.25, 0.3) is 11.3 Å². The lowest BCUT2D eigenvalue weighted by atomic mass is 10.0. The monoisotopic (exact) mass is 433 g/mol. The third-order valence-corrected chi connectivity index (χ3v) is 5.79. The smallest absolute Gasteiger partial charge is 0.237 e. The van der Waals surface area contributed by atoms with Gasteiger partial charge in [0, 0.05) is 11.8 Å². The number of carbonyl (C=O) groups excluding carboxylic acids is 1. The van der Waals surface area contributed by atoms with Crippen molar-refractivity contribution in [2.75, 3.05) is 18.2 Å². The summed E-state index contributed by atoms with van der Waals surface area (Å²) in [6.45, 7) is 1.86. The molecule has 3 aromatic rings. The number of benzene rings is 1. The molecule has 1 amide bonds. The second kappa shape index (κ2) is 9.70. The van der Waals surface area contributed by atoms with E-state index in [2.05, 4.69) is 16.4 Å². The number of hydrogen-bond acceptors (Lipinski definition) is 8. The number of anilines is 2. The van der Waals surface area contributed by atoms with E-state index < -0.39 is 5.25 Å². The van der Waals surface area contributed by atoms with Crippen LogP contribution in [0.3, 0.4) is 0 Å². The number of hydrogen-bond donors (Lipinski definition) is 2. The molecule has 2 aromatic heterocycles. The zero-order valence-electron chi connectivity index (χ0n) is 16.9. The highest BCUT2D eigenvalue weighted by atomic mass is 32.2. The Labute approximate surface area is 183 Å². The van der Waals surface area contributed by atoms with E-state index in [9.17, 15) is 15.3 Å². The van der Waals surface area contributed by atoms with Gasteiger partial charge in [-0.05, 0) is 30.7 Å². The van der Waals surface area contributed by atoms with Crippen molar-refractivity contribution in [2.45, 2.75) is 23.6 Å². The van der Waals surface area contributed by atoms with Crippen molar-refractivity contribution >= 4 is 29.2 Å². The van der Waals surface area contributed by atoms with E-state index in [1.807, 2.05) is 13.0 Å². The molecule has 0 radical (unpaired) electrons. The van der Waals surface area contributed by atoms with Gasteiger partial charge in [0.05, 0.1) is 29.7 Å². The minimum absolute atomic E-state index is 0.0292. The molecule has 0 aliphatic heterocycles. The highest BCUT2D eigenvalue weighted by molar-refractivity contribution is 8.00. The number of methoxy groups -OCH3 is 1. The van der Waals surface area contributed by atoms with E-state index in [-0.39, 0.29) is 33.4 Å². The number of nitriles is 2. The second-order valence-electron chi connectivity index (χ2n) is 6.36. The topological polar surface area (TPSA) is 138 Å². The first-order valence-corrected chi connectivity index (χ1v) is 10.2. The van der Waals surface area contributed by atoms with E-state index in [0.29, 0.717) is 23.6 Å². The summed E-state index contributed by atoms with van der Waals surface area (Å²) >= 11 is 1.11. The number of ether oxygens (including phenoxy) is 1. The van der Waals surface area contributed by atoms with Crippen molar-refractivity contribution in [3.05, 3.63) is 53.8 Å². The maximum atomic E-state index is 12.9. The highest BCUT2D eigenvalue weighted by Crippen LogP contribution is 2.37. The lowest BCUT2D eigenvalue weighted by molar-refractivity contribution is -0.115. The van der Waals surface area contributed by atoms with Crippen LogP contribution in [0.1, 0.15) is 24.5 Å². The van der Waals surface area contributed by atoms with Crippen LogP contribution in [0.4, 0.5) is 11.5 Å². The van der Waals surface area contributed by atoms with Gasteiger partial charge in [0.25, 0.3) is 0 Å². The first kappa shape index (κ1) is 21.8. The summed E-state index contributed by atoms with van der Waals surface area (Å²) in [6, 6.07) is 14.4. The van der Waals surface area contributed by atoms with E-state index in [1.165, 1.54) is 6.26 Å². The van der Waals surface area contributed by atoms with Crippen LogP contribution in [0.5, 0.6) is 5.75 Å². The molecule has 0 aliphatic rings. The molecule has 8 nitrogen and oxygen atoms in total. The van der Waals surface area contributed by atoms with Gasteiger partial charge < -0.3 is 20.2 Å². The molecule has 0 fully saturated rings. The summed E-state index contributed by atoms with van der Waals surface area (Å²) in [4.78, 5) is 17.1. The van der Waals surface area contributed by atoms with Crippen LogP contribution in [-0.4, -0.2) is 23.3 Å². The van der Waals surface area contributed by atoms with Gasteiger partial charge in [0.15, 0.2) is 0 Å². The number of carbonyl (C=O) groups is 1. The van der Waals surface area contributed by atoms with E-state index in [0.717, 1.165) is 11.8 Å². The number of furan rings is 1. The van der Waals surface area contributed by atoms with Gasteiger partial charge in [0.1, 0.15) is 40.1 Å². The average molecular weight is 433 g/mol. The molecule has 3 N–H and O–H groups in total. The number of aromatic nitrogens is 1. The Morgan fingerprint density at radius 1 is 1.29 bits per heavy atom. The molecule has 9 heteroatoms. The Morgan fingerprint density at radius 3 is 2.68 bits per heavy atom.